The van der Waals surface area contributed by atoms with Crippen LogP contribution in [0, 0.1) is 34.0 Å². The van der Waals surface area contributed by atoms with E-state index in [0.29, 0.717) is 31.3 Å². The van der Waals surface area contributed by atoms with E-state index >= 15 is 0 Å². The number of carboxylic acid groups (broad SMARTS) is 1. The molecule has 7 nitrogen and oxygen atoms in total. The standard InChI is InChI=1S/C29H50O7/c1-9-28(7,25(32)36-23-12-10-11-15-34-23)18-29(8,17-27(5,6)24(30)31)26(33)35-22-16-20(4)13-14-21(22)19(2)3/h19-23H,9-18H2,1-8H3,(H,30,31). The molecule has 2 aliphatic rings. The van der Waals surface area contributed by atoms with E-state index in [1.165, 1.54) is 0 Å². The maximum absolute atomic E-state index is 13.9. The highest BCUT2D eigenvalue weighted by atomic mass is 16.7. The minimum atomic E-state index is -1.18. The molecule has 0 amide bonds. The van der Waals surface area contributed by atoms with Crippen LogP contribution >= 0.6 is 0 Å². The Hall–Kier alpha value is -1.63. The molecule has 1 saturated carbocycles. The van der Waals surface area contributed by atoms with Crippen molar-refractivity contribution in [2.45, 2.75) is 126 Å². The van der Waals surface area contributed by atoms with E-state index in [2.05, 4.69) is 20.8 Å². The smallest absolute Gasteiger partial charge is 0.314 e. The number of carbonyl (C=O) groups is 3. The molecule has 6 unspecified atom stereocenters. The van der Waals surface area contributed by atoms with E-state index in [1.807, 2.05) is 6.92 Å². The first-order valence-corrected chi connectivity index (χ1v) is 13.9. The molecule has 36 heavy (non-hydrogen) atoms. The summed E-state index contributed by atoms with van der Waals surface area (Å²) in [4.78, 5) is 39.4. The predicted molar refractivity (Wildman–Crippen MR) is 138 cm³/mol. The Morgan fingerprint density at radius 1 is 0.944 bits per heavy atom. The molecule has 1 saturated heterocycles. The molecule has 1 N–H and O–H groups in total. The van der Waals surface area contributed by atoms with Crippen LogP contribution in [0.25, 0.3) is 0 Å². The van der Waals surface area contributed by atoms with Gasteiger partial charge in [-0.25, -0.2) is 0 Å². The lowest BCUT2D eigenvalue weighted by molar-refractivity contribution is -0.200. The number of carbonyl (C=O) groups excluding carboxylic acids is 2. The molecule has 6 atom stereocenters. The summed E-state index contributed by atoms with van der Waals surface area (Å²) in [7, 11) is 0. The van der Waals surface area contributed by atoms with Gasteiger partial charge in [0.1, 0.15) is 6.10 Å². The highest BCUT2D eigenvalue weighted by molar-refractivity contribution is 5.82. The molecule has 208 valence electrons. The molecule has 1 heterocycles. The van der Waals surface area contributed by atoms with E-state index in [9.17, 15) is 19.5 Å². The number of hydrogen-bond acceptors (Lipinski definition) is 6. The number of rotatable bonds is 11. The maximum Gasteiger partial charge on any atom is 0.314 e. The Balaban J connectivity index is 2.33. The molecule has 0 aromatic heterocycles. The summed E-state index contributed by atoms with van der Waals surface area (Å²) in [5, 5.41) is 9.88. The van der Waals surface area contributed by atoms with Crippen molar-refractivity contribution in [1.29, 1.82) is 0 Å². The summed E-state index contributed by atoms with van der Waals surface area (Å²) >= 11 is 0. The van der Waals surface area contributed by atoms with E-state index in [0.717, 1.165) is 32.1 Å². The first kappa shape index (κ1) is 30.6. The third-order valence-corrected chi connectivity index (χ3v) is 8.55. The van der Waals surface area contributed by atoms with Crippen LogP contribution < -0.4 is 0 Å². The average molecular weight is 511 g/mol. The maximum atomic E-state index is 13.9. The fourth-order valence-corrected chi connectivity index (χ4v) is 6.06. The third-order valence-electron chi connectivity index (χ3n) is 8.55. The molecule has 0 spiro atoms. The lowest BCUT2D eigenvalue weighted by atomic mass is 9.65. The second kappa shape index (κ2) is 12.3. The number of ether oxygens (including phenoxy) is 3. The Kier molecular flexibility index (Phi) is 10.4. The minimum Gasteiger partial charge on any atom is -0.481 e. The third kappa shape index (κ3) is 7.69. The SMILES string of the molecule is CCC(C)(CC(C)(CC(C)(C)C(=O)O)C(=O)OC1CC(C)CCC1C(C)C)C(=O)OC1CCCCO1. The number of carboxylic acids is 1. The van der Waals surface area contributed by atoms with Gasteiger partial charge >= 0.3 is 17.9 Å². The molecule has 1 aliphatic heterocycles. The molecule has 2 rings (SSSR count). The summed E-state index contributed by atoms with van der Waals surface area (Å²) in [5.41, 5.74) is -3.34. The van der Waals surface area contributed by atoms with E-state index in [4.69, 9.17) is 14.2 Å². The van der Waals surface area contributed by atoms with Gasteiger partial charge < -0.3 is 19.3 Å². The van der Waals surface area contributed by atoms with Crippen LogP contribution in [-0.2, 0) is 28.6 Å². The summed E-state index contributed by atoms with van der Waals surface area (Å²) in [6.45, 7) is 15.8. The summed E-state index contributed by atoms with van der Waals surface area (Å²) in [6, 6.07) is 0. The van der Waals surface area contributed by atoms with Crippen LogP contribution in [0.4, 0.5) is 0 Å². The van der Waals surface area contributed by atoms with Crippen LogP contribution in [0.1, 0.15) is 113 Å². The largest absolute Gasteiger partial charge is 0.481 e. The quantitative estimate of drug-likeness (QED) is 0.322. The zero-order valence-electron chi connectivity index (χ0n) is 23.9. The average Bonchev–Trinajstić information content (AvgIpc) is 2.78. The van der Waals surface area contributed by atoms with Crippen LogP contribution in [0.15, 0.2) is 0 Å². The fourth-order valence-electron chi connectivity index (χ4n) is 6.06. The minimum absolute atomic E-state index is 0.0611. The topological polar surface area (TPSA) is 99.1 Å². The van der Waals surface area contributed by atoms with Crippen molar-refractivity contribution in [2.24, 2.45) is 34.0 Å². The Bertz CT molecular complexity index is 770. The van der Waals surface area contributed by atoms with Gasteiger partial charge in [-0.1, -0.05) is 34.1 Å². The van der Waals surface area contributed by atoms with Gasteiger partial charge in [0.2, 0.25) is 6.29 Å². The van der Waals surface area contributed by atoms with Crippen molar-refractivity contribution < 1.29 is 33.7 Å². The second-order valence-corrected chi connectivity index (χ2v) is 13.0. The Morgan fingerprint density at radius 2 is 1.58 bits per heavy atom. The van der Waals surface area contributed by atoms with Gasteiger partial charge in [-0.2, -0.15) is 0 Å². The van der Waals surface area contributed by atoms with Crippen molar-refractivity contribution in [3.63, 3.8) is 0 Å². The van der Waals surface area contributed by atoms with Gasteiger partial charge in [0.15, 0.2) is 0 Å². The van der Waals surface area contributed by atoms with Crippen molar-refractivity contribution in [3.05, 3.63) is 0 Å². The van der Waals surface area contributed by atoms with Crippen molar-refractivity contribution in [2.75, 3.05) is 6.61 Å². The van der Waals surface area contributed by atoms with E-state index in [1.54, 1.807) is 27.7 Å². The van der Waals surface area contributed by atoms with Gasteiger partial charge in [0, 0.05) is 6.42 Å². The van der Waals surface area contributed by atoms with Gasteiger partial charge in [-0.3, -0.25) is 14.4 Å². The number of esters is 2. The summed E-state index contributed by atoms with van der Waals surface area (Å²) in [6.07, 6.45) is 5.36. The first-order chi connectivity index (χ1) is 16.6. The summed E-state index contributed by atoms with van der Waals surface area (Å²) < 4.78 is 17.6. The van der Waals surface area contributed by atoms with Crippen molar-refractivity contribution in [3.8, 4) is 0 Å². The second-order valence-electron chi connectivity index (χ2n) is 13.0. The van der Waals surface area contributed by atoms with E-state index < -0.39 is 40.4 Å². The molecule has 0 radical (unpaired) electrons. The zero-order valence-corrected chi connectivity index (χ0v) is 23.9. The number of aliphatic carboxylic acids is 1. The van der Waals surface area contributed by atoms with Crippen molar-refractivity contribution >= 4 is 17.9 Å². The fraction of sp³-hybridized carbons (Fsp3) is 0.897. The first-order valence-electron chi connectivity index (χ1n) is 13.9. The van der Waals surface area contributed by atoms with E-state index in [-0.39, 0.29) is 24.9 Å². The molecule has 2 fully saturated rings. The molecule has 0 aromatic rings. The molecule has 0 aromatic carbocycles. The molecule has 0 bridgehead atoms. The monoisotopic (exact) mass is 510 g/mol. The van der Waals surface area contributed by atoms with Crippen LogP contribution in [0.5, 0.6) is 0 Å². The molecular formula is C29H50O7. The highest BCUT2D eigenvalue weighted by Gasteiger charge is 2.51. The van der Waals surface area contributed by atoms with Crippen LogP contribution in [-0.4, -0.2) is 42.0 Å². The highest BCUT2D eigenvalue weighted by Crippen LogP contribution is 2.47. The van der Waals surface area contributed by atoms with Crippen LogP contribution in [0.3, 0.4) is 0 Å². The van der Waals surface area contributed by atoms with Gasteiger partial charge in [0.05, 0.1) is 22.9 Å². The van der Waals surface area contributed by atoms with Gasteiger partial charge in [-0.15, -0.1) is 0 Å². The molecule has 1 aliphatic carbocycles. The van der Waals surface area contributed by atoms with Crippen LogP contribution in [0.2, 0.25) is 0 Å². The summed E-state index contributed by atoms with van der Waals surface area (Å²) in [5.74, 6) is -0.690. The Morgan fingerprint density at radius 3 is 2.11 bits per heavy atom. The molecular weight excluding hydrogens is 460 g/mol. The Labute approximate surface area is 218 Å². The van der Waals surface area contributed by atoms with Gasteiger partial charge in [0.25, 0.3) is 0 Å². The van der Waals surface area contributed by atoms with Crippen molar-refractivity contribution in [1.82, 2.24) is 0 Å². The normalized spacial score (nSPS) is 28.6. The predicted octanol–water partition coefficient (Wildman–Crippen LogP) is 6.37. The lowest BCUT2D eigenvalue weighted by Gasteiger charge is -2.42. The zero-order chi connectivity index (χ0) is 27.3. The molecule has 7 heteroatoms. The number of hydrogen-bond donors (Lipinski definition) is 1. The lowest BCUT2D eigenvalue weighted by Crippen LogP contribution is -2.47. The van der Waals surface area contributed by atoms with Gasteiger partial charge in [-0.05, 0) is 90.4 Å².